The topological polar surface area (TPSA) is 38.3 Å². The van der Waals surface area contributed by atoms with Crippen LogP contribution in [0, 0.1) is 0 Å². The molecule has 6 heteroatoms. The van der Waals surface area contributed by atoms with Gasteiger partial charge in [-0.15, -0.1) is 5.09 Å². The Balaban J connectivity index is 3.43. The van der Waals surface area contributed by atoms with Gasteiger partial charge in [0.05, 0.1) is 0 Å². The second-order valence-corrected chi connectivity index (χ2v) is 5.15. The zero-order valence-corrected chi connectivity index (χ0v) is 7.72. The quantitative estimate of drug-likeness (QED) is 0.409. The predicted octanol–water partition coefficient (Wildman–Crippen LogP) is 1.60. The first-order valence-corrected chi connectivity index (χ1v) is 5.88. The molecule has 10 heavy (non-hydrogen) atoms. The largest absolute Gasteiger partial charge is 0.447 e. The molecule has 1 N–H and O–H groups in total. The number of hydrogen-bond donors (Lipinski definition) is 2. The van der Waals surface area contributed by atoms with Gasteiger partial charge >= 0.3 is 12.1 Å². The molecule has 0 radical (unpaired) electrons. The summed E-state index contributed by atoms with van der Waals surface area (Å²) in [6.45, 7) is 3.56. The molecular formula is C4H7NO2PS2+. The van der Waals surface area contributed by atoms with Crippen molar-refractivity contribution in [1.82, 2.24) is 5.09 Å². The van der Waals surface area contributed by atoms with Crippen LogP contribution in [0.3, 0.4) is 0 Å². The lowest BCUT2D eigenvalue weighted by Crippen LogP contribution is -2.15. The van der Waals surface area contributed by atoms with Crippen LogP contribution in [-0.2, 0) is 16.5 Å². The van der Waals surface area contributed by atoms with E-state index in [1.807, 2.05) is 0 Å². The van der Waals surface area contributed by atoms with Crippen molar-refractivity contribution in [1.29, 1.82) is 0 Å². The number of hydrogen-bond acceptors (Lipinski definition) is 3. The van der Waals surface area contributed by atoms with Crippen LogP contribution in [0.5, 0.6) is 0 Å². The van der Waals surface area contributed by atoms with Crippen molar-refractivity contribution in [3.63, 3.8) is 0 Å². The van der Waals surface area contributed by atoms with Crippen molar-refractivity contribution in [2.24, 2.45) is 0 Å². The summed E-state index contributed by atoms with van der Waals surface area (Å²) in [5.41, 5.74) is 0. The minimum absolute atomic E-state index is 0.193. The fraction of sp³-hybridized carbons (Fsp3) is 0.250. The first kappa shape index (κ1) is 9.88. The summed E-state index contributed by atoms with van der Waals surface area (Å²) in [4.78, 5) is 10.5. The molecule has 0 aromatic rings. The van der Waals surface area contributed by atoms with Gasteiger partial charge in [0, 0.05) is 0 Å². The lowest BCUT2D eigenvalue weighted by Gasteiger charge is -1.94. The van der Waals surface area contributed by atoms with Crippen molar-refractivity contribution in [3.05, 3.63) is 12.7 Å². The predicted molar refractivity (Wildman–Crippen MR) is 48.0 cm³/mol. The molecule has 0 aliphatic heterocycles. The molecule has 0 aliphatic rings. The monoisotopic (exact) mass is 196 g/mol. The summed E-state index contributed by atoms with van der Waals surface area (Å²) < 4.78 is 4.53. The van der Waals surface area contributed by atoms with Crippen molar-refractivity contribution in [2.45, 2.75) is 0 Å². The third kappa shape index (κ3) is 6.01. The minimum Gasteiger partial charge on any atom is -0.443 e. The summed E-state index contributed by atoms with van der Waals surface area (Å²) in [5, 5.41) is 2.31. The van der Waals surface area contributed by atoms with E-state index in [0.29, 0.717) is 0 Å². The standard InChI is InChI=1S/C4H6NO2PS2/c1-2-3-7-4(6)5-8(9)10/h2H,1,3H2,(H-,5,6,9,10)/p+1. The van der Waals surface area contributed by atoms with Gasteiger partial charge in [-0.3, -0.25) is 0 Å². The first-order chi connectivity index (χ1) is 4.66. The Kier molecular flexibility index (Phi) is 5.58. The number of thiol groups is 1. The van der Waals surface area contributed by atoms with Gasteiger partial charge in [0.15, 0.2) is 0 Å². The molecule has 3 nitrogen and oxygen atoms in total. The van der Waals surface area contributed by atoms with Gasteiger partial charge in [0.2, 0.25) is 11.8 Å². The number of amides is 1. The van der Waals surface area contributed by atoms with E-state index in [1.54, 1.807) is 0 Å². The van der Waals surface area contributed by atoms with Gasteiger partial charge in [-0.25, -0.2) is 4.79 Å². The second-order valence-electron chi connectivity index (χ2n) is 1.27. The lowest BCUT2D eigenvalue weighted by molar-refractivity contribution is 0.165. The summed E-state index contributed by atoms with van der Waals surface area (Å²) in [6.07, 6.45) is 0.931. The normalized spacial score (nSPS) is 9.90. The van der Waals surface area contributed by atoms with Gasteiger partial charge in [-0.05, 0) is 0 Å². The van der Waals surface area contributed by atoms with E-state index in [9.17, 15) is 4.79 Å². The van der Waals surface area contributed by atoms with Crippen LogP contribution in [-0.4, -0.2) is 12.7 Å². The van der Waals surface area contributed by atoms with E-state index in [0.717, 1.165) is 0 Å². The van der Waals surface area contributed by atoms with Crippen molar-refractivity contribution in [2.75, 3.05) is 6.61 Å². The van der Waals surface area contributed by atoms with Crippen LogP contribution in [0.25, 0.3) is 0 Å². The summed E-state index contributed by atoms with van der Waals surface area (Å²) >= 11 is 8.40. The molecule has 0 spiro atoms. The summed E-state index contributed by atoms with van der Waals surface area (Å²) in [7, 11) is 0. The highest BCUT2D eigenvalue weighted by Crippen LogP contribution is 2.19. The molecule has 0 saturated carbocycles. The lowest BCUT2D eigenvalue weighted by atomic mass is 10.7. The van der Waals surface area contributed by atoms with Gasteiger partial charge < -0.3 is 4.74 Å². The highest BCUT2D eigenvalue weighted by molar-refractivity contribution is 8.55. The Morgan fingerprint density at radius 3 is 3.00 bits per heavy atom. The molecule has 0 fully saturated rings. The molecule has 1 amide bonds. The molecule has 1 atom stereocenters. The molecule has 0 heterocycles. The smallest absolute Gasteiger partial charge is 0.443 e. The Morgan fingerprint density at radius 2 is 2.60 bits per heavy atom. The van der Waals surface area contributed by atoms with Gasteiger partial charge in [-0.1, -0.05) is 12.7 Å². The van der Waals surface area contributed by atoms with Gasteiger partial charge in [0.1, 0.15) is 18.9 Å². The molecule has 0 aromatic carbocycles. The summed E-state index contributed by atoms with van der Waals surface area (Å²) in [5.74, 6) is 0. The maximum absolute atomic E-state index is 10.5. The Morgan fingerprint density at radius 1 is 2.00 bits per heavy atom. The fourth-order valence-corrected chi connectivity index (χ4v) is 0.934. The maximum Gasteiger partial charge on any atom is 0.447 e. The fourth-order valence-electron chi connectivity index (χ4n) is 0.245. The van der Waals surface area contributed by atoms with E-state index >= 15 is 0 Å². The van der Waals surface area contributed by atoms with E-state index in [4.69, 9.17) is 0 Å². The first-order valence-electron chi connectivity index (χ1n) is 2.37. The number of nitrogens with one attached hydrogen (secondary N) is 1. The van der Waals surface area contributed by atoms with Crippen molar-refractivity contribution >= 4 is 36.2 Å². The van der Waals surface area contributed by atoms with Crippen molar-refractivity contribution in [3.8, 4) is 0 Å². The van der Waals surface area contributed by atoms with Gasteiger partial charge in [-0.2, -0.15) is 0 Å². The van der Waals surface area contributed by atoms with Gasteiger partial charge in [0.25, 0.3) is 0 Å². The van der Waals surface area contributed by atoms with Crippen LogP contribution >= 0.6 is 18.3 Å². The molecule has 0 rings (SSSR count). The summed E-state index contributed by atoms with van der Waals surface area (Å²) in [6, 6.07) is -1.14. The third-order valence-corrected chi connectivity index (χ3v) is 1.47. The Hall–Kier alpha value is -0.120. The third-order valence-electron chi connectivity index (χ3n) is 0.519. The number of ether oxygens (including phenoxy) is 1. The highest BCUT2D eigenvalue weighted by atomic mass is 32.9. The van der Waals surface area contributed by atoms with E-state index in [1.165, 1.54) is 6.08 Å². The van der Waals surface area contributed by atoms with Crippen LogP contribution in [0.15, 0.2) is 12.7 Å². The number of carbonyl (C=O) groups is 1. The molecule has 0 aliphatic carbocycles. The SMILES string of the molecule is C=CCOC(=O)N[P+](=S)S. The van der Waals surface area contributed by atoms with Crippen LogP contribution in [0.2, 0.25) is 0 Å². The highest BCUT2D eigenvalue weighted by Gasteiger charge is 2.09. The maximum atomic E-state index is 10.5. The molecule has 0 saturated heterocycles. The second kappa shape index (κ2) is 5.65. The average Bonchev–Trinajstić information content (AvgIpc) is 1.82. The van der Waals surface area contributed by atoms with E-state index in [2.05, 4.69) is 40.5 Å². The number of rotatable bonds is 3. The molecule has 0 bridgehead atoms. The van der Waals surface area contributed by atoms with E-state index in [-0.39, 0.29) is 6.61 Å². The Bertz CT molecular complexity index is 161. The molecule has 0 aromatic heterocycles. The Labute approximate surface area is 70.5 Å². The molecule has 56 valence electrons. The van der Waals surface area contributed by atoms with Crippen LogP contribution < -0.4 is 5.09 Å². The molecule has 1 unspecified atom stereocenters. The molecular weight excluding hydrogens is 189 g/mol. The van der Waals surface area contributed by atoms with Crippen LogP contribution in [0.4, 0.5) is 4.79 Å². The van der Waals surface area contributed by atoms with Crippen LogP contribution in [0.1, 0.15) is 0 Å². The number of carbonyl (C=O) groups excluding carboxylic acids is 1. The van der Waals surface area contributed by atoms with E-state index < -0.39 is 12.1 Å². The minimum atomic E-state index is -1.14. The zero-order valence-electron chi connectivity index (χ0n) is 5.11. The zero-order chi connectivity index (χ0) is 7.98. The average molecular weight is 196 g/mol. The van der Waals surface area contributed by atoms with Crippen molar-refractivity contribution < 1.29 is 9.53 Å².